The molecule has 3 nitrogen and oxygen atoms in total. The molecule has 0 aliphatic heterocycles. The summed E-state index contributed by atoms with van der Waals surface area (Å²) in [7, 11) is 0. The Morgan fingerprint density at radius 3 is 2.93 bits per heavy atom. The van der Waals surface area contributed by atoms with E-state index < -0.39 is 5.24 Å². The lowest BCUT2D eigenvalue weighted by atomic mass is 10.1. The topological polar surface area (TPSA) is 45.8 Å². The van der Waals surface area contributed by atoms with Gasteiger partial charge in [0.25, 0.3) is 5.24 Å². The predicted molar refractivity (Wildman–Crippen MR) is 55.8 cm³/mol. The average Bonchev–Trinajstić information content (AvgIpc) is 2.62. The van der Waals surface area contributed by atoms with E-state index in [2.05, 4.69) is 9.97 Å². The summed E-state index contributed by atoms with van der Waals surface area (Å²) in [5, 5.41) is -0.509. The first-order valence-electron chi connectivity index (χ1n) is 3.94. The van der Waals surface area contributed by atoms with Crippen LogP contribution in [0.2, 0.25) is 0 Å². The lowest BCUT2D eigenvalue weighted by Crippen LogP contribution is -1.95. The van der Waals surface area contributed by atoms with Crippen LogP contribution in [0.25, 0.3) is 11.0 Å². The molecule has 0 atom stereocenters. The van der Waals surface area contributed by atoms with Gasteiger partial charge in [-0.05, 0) is 29.3 Å². The number of carbonyl (C=O) groups excluding carboxylic acids is 1. The van der Waals surface area contributed by atoms with Crippen LogP contribution in [-0.2, 0) is 5.88 Å². The van der Waals surface area contributed by atoms with Gasteiger partial charge in [-0.15, -0.1) is 11.6 Å². The number of imidazole rings is 1. The molecule has 0 saturated carbocycles. The summed E-state index contributed by atoms with van der Waals surface area (Å²) in [6, 6.07) is 3.42. The average molecular weight is 229 g/mol. The second-order valence-corrected chi connectivity index (χ2v) is 3.45. The normalized spacial score (nSPS) is 10.7. The summed E-state index contributed by atoms with van der Waals surface area (Å²) in [6.45, 7) is 0. The highest BCUT2D eigenvalue weighted by molar-refractivity contribution is 6.68. The third-order valence-corrected chi connectivity index (χ3v) is 2.49. The number of nitrogens with zero attached hydrogens (tertiary/aromatic N) is 1. The van der Waals surface area contributed by atoms with Gasteiger partial charge in [-0.1, -0.05) is 0 Å². The van der Waals surface area contributed by atoms with E-state index in [0.29, 0.717) is 16.6 Å². The van der Waals surface area contributed by atoms with Gasteiger partial charge < -0.3 is 4.98 Å². The van der Waals surface area contributed by atoms with Crippen LogP contribution in [-0.4, -0.2) is 15.2 Å². The first-order chi connectivity index (χ1) is 6.72. The van der Waals surface area contributed by atoms with Crippen LogP contribution in [0, 0.1) is 0 Å². The highest BCUT2D eigenvalue weighted by atomic mass is 35.5. The molecule has 1 N–H and O–H groups in total. The first kappa shape index (κ1) is 9.49. The van der Waals surface area contributed by atoms with Gasteiger partial charge in [-0.25, -0.2) is 4.98 Å². The number of hydrogen-bond donors (Lipinski definition) is 1. The van der Waals surface area contributed by atoms with E-state index in [9.17, 15) is 4.79 Å². The van der Waals surface area contributed by atoms with Gasteiger partial charge in [0.2, 0.25) is 0 Å². The molecule has 72 valence electrons. The van der Waals surface area contributed by atoms with Crippen LogP contribution in [0.3, 0.4) is 0 Å². The third-order valence-electron chi connectivity index (χ3n) is 2.00. The summed E-state index contributed by atoms with van der Waals surface area (Å²) >= 11 is 11.1. The fourth-order valence-electron chi connectivity index (χ4n) is 1.32. The van der Waals surface area contributed by atoms with Gasteiger partial charge in [0.1, 0.15) is 0 Å². The van der Waals surface area contributed by atoms with Crippen molar-refractivity contribution in [1.29, 1.82) is 0 Å². The Hall–Kier alpha value is -1.06. The molecular formula is C9H6Cl2N2O. The predicted octanol–water partition coefficient (Wildman–Crippen LogP) is 2.68. The van der Waals surface area contributed by atoms with E-state index in [-0.39, 0.29) is 5.88 Å². The van der Waals surface area contributed by atoms with Crippen molar-refractivity contribution in [2.24, 2.45) is 0 Å². The maximum atomic E-state index is 11.1. The SMILES string of the molecule is O=C(Cl)c1cc2nc[nH]c2cc1CCl. The number of rotatable bonds is 2. The zero-order valence-electron chi connectivity index (χ0n) is 7.05. The highest BCUT2D eigenvalue weighted by Gasteiger charge is 2.10. The molecule has 1 aromatic carbocycles. The largest absolute Gasteiger partial charge is 0.345 e. The molecule has 0 bridgehead atoms. The summed E-state index contributed by atoms with van der Waals surface area (Å²) in [5.74, 6) is 0.253. The van der Waals surface area contributed by atoms with Crippen molar-refractivity contribution in [2.45, 2.75) is 5.88 Å². The number of H-pyrrole nitrogens is 1. The Balaban J connectivity index is 2.72. The monoisotopic (exact) mass is 228 g/mol. The fraction of sp³-hybridized carbons (Fsp3) is 0.111. The maximum Gasteiger partial charge on any atom is 0.252 e. The minimum absolute atomic E-state index is 0.253. The molecular weight excluding hydrogens is 223 g/mol. The minimum Gasteiger partial charge on any atom is -0.345 e. The highest BCUT2D eigenvalue weighted by Crippen LogP contribution is 2.20. The molecule has 0 unspecified atom stereocenters. The van der Waals surface area contributed by atoms with Crippen molar-refractivity contribution in [1.82, 2.24) is 9.97 Å². The Morgan fingerprint density at radius 2 is 2.29 bits per heavy atom. The maximum absolute atomic E-state index is 11.1. The van der Waals surface area contributed by atoms with Crippen LogP contribution >= 0.6 is 23.2 Å². The molecule has 1 aromatic heterocycles. The first-order valence-corrected chi connectivity index (χ1v) is 4.85. The number of aromatic nitrogens is 2. The van der Waals surface area contributed by atoms with Gasteiger partial charge in [-0.3, -0.25) is 4.79 Å². The number of benzene rings is 1. The van der Waals surface area contributed by atoms with Crippen LogP contribution in [0.1, 0.15) is 15.9 Å². The zero-order chi connectivity index (χ0) is 10.1. The number of halogens is 2. The molecule has 0 aliphatic carbocycles. The number of nitrogens with one attached hydrogen (secondary N) is 1. The molecule has 2 aromatic rings. The van der Waals surface area contributed by atoms with Gasteiger partial charge in [0.15, 0.2) is 0 Å². The van der Waals surface area contributed by atoms with E-state index in [1.807, 2.05) is 0 Å². The van der Waals surface area contributed by atoms with E-state index in [1.54, 1.807) is 18.5 Å². The third kappa shape index (κ3) is 1.49. The molecule has 14 heavy (non-hydrogen) atoms. The van der Waals surface area contributed by atoms with Gasteiger partial charge >= 0.3 is 0 Å². The standard InChI is InChI=1S/C9H6Cl2N2O/c10-3-5-1-7-8(13-4-12-7)2-6(5)9(11)14/h1-2,4H,3H2,(H,12,13). The van der Waals surface area contributed by atoms with Crippen molar-refractivity contribution >= 4 is 39.5 Å². The molecule has 2 rings (SSSR count). The zero-order valence-corrected chi connectivity index (χ0v) is 8.56. The number of hydrogen-bond acceptors (Lipinski definition) is 2. The van der Waals surface area contributed by atoms with Gasteiger partial charge in [0.05, 0.1) is 17.4 Å². The molecule has 0 spiro atoms. The number of alkyl halides is 1. The number of aromatic amines is 1. The fourth-order valence-corrected chi connectivity index (χ4v) is 1.72. The molecule has 0 amide bonds. The summed E-state index contributed by atoms with van der Waals surface area (Å²) < 4.78 is 0. The molecule has 0 aliphatic rings. The number of carbonyl (C=O) groups is 1. The van der Waals surface area contributed by atoms with E-state index >= 15 is 0 Å². The van der Waals surface area contributed by atoms with Crippen LogP contribution in [0.15, 0.2) is 18.5 Å². The summed E-state index contributed by atoms with van der Waals surface area (Å²) in [6.07, 6.45) is 1.56. The van der Waals surface area contributed by atoms with Crippen LogP contribution in [0.5, 0.6) is 0 Å². The van der Waals surface area contributed by atoms with Crippen molar-refractivity contribution in [3.8, 4) is 0 Å². The lowest BCUT2D eigenvalue weighted by Gasteiger charge is -2.01. The second kappa shape index (κ2) is 3.59. The Morgan fingerprint density at radius 1 is 1.50 bits per heavy atom. The minimum atomic E-state index is -0.509. The van der Waals surface area contributed by atoms with Crippen molar-refractivity contribution in [3.63, 3.8) is 0 Å². The summed E-state index contributed by atoms with van der Waals surface area (Å²) in [5.41, 5.74) is 2.69. The summed E-state index contributed by atoms with van der Waals surface area (Å²) in [4.78, 5) is 18.0. The molecule has 0 saturated heterocycles. The van der Waals surface area contributed by atoms with Gasteiger partial charge in [-0.2, -0.15) is 0 Å². The Kier molecular flexibility index (Phi) is 2.44. The molecule has 0 radical (unpaired) electrons. The van der Waals surface area contributed by atoms with Crippen molar-refractivity contribution in [2.75, 3.05) is 0 Å². The van der Waals surface area contributed by atoms with Crippen molar-refractivity contribution in [3.05, 3.63) is 29.6 Å². The lowest BCUT2D eigenvalue weighted by molar-refractivity contribution is 0.108. The second-order valence-electron chi connectivity index (χ2n) is 2.84. The number of fused-ring (bicyclic) bond motifs is 1. The quantitative estimate of drug-likeness (QED) is 0.635. The van der Waals surface area contributed by atoms with Gasteiger partial charge in [0, 0.05) is 11.4 Å². The molecule has 1 heterocycles. The smallest absolute Gasteiger partial charge is 0.252 e. The van der Waals surface area contributed by atoms with E-state index in [0.717, 1.165) is 5.52 Å². The van der Waals surface area contributed by atoms with Crippen LogP contribution < -0.4 is 0 Å². The van der Waals surface area contributed by atoms with Crippen LogP contribution in [0.4, 0.5) is 0 Å². The van der Waals surface area contributed by atoms with E-state index in [4.69, 9.17) is 23.2 Å². The Bertz CT molecular complexity index is 493. The van der Waals surface area contributed by atoms with E-state index in [1.165, 1.54) is 0 Å². The Labute approximate surface area is 90.0 Å². The van der Waals surface area contributed by atoms with Crippen molar-refractivity contribution < 1.29 is 4.79 Å². The molecule has 5 heteroatoms. The molecule has 0 fully saturated rings.